The van der Waals surface area contributed by atoms with E-state index in [2.05, 4.69) is 20.2 Å². The first-order valence-electron chi connectivity index (χ1n) is 3.70. The van der Waals surface area contributed by atoms with E-state index in [0.29, 0.717) is 0 Å². The summed E-state index contributed by atoms with van der Waals surface area (Å²) in [6.45, 7) is 0. The summed E-state index contributed by atoms with van der Waals surface area (Å²) in [6, 6.07) is 3.98. The zero-order valence-corrected chi connectivity index (χ0v) is 6.20. The molecule has 58 valence electrons. The van der Waals surface area contributed by atoms with E-state index in [1.807, 2.05) is 12.1 Å². The molecule has 3 aromatic rings. The van der Waals surface area contributed by atoms with Gasteiger partial charge in [0, 0.05) is 5.39 Å². The molecular formula is C8H6N4. The average molecular weight is 158 g/mol. The highest BCUT2D eigenvalue weighted by molar-refractivity contribution is 6.01. The number of aromatic nitrogens is 4. The Balaban J connectivity index is 2.71. The van der Waals surface area contributed by atoms with Gasteiger partial charge in [0.25, 0.3) is 0 Å². The molecule has 0 atom stereocenters. The molecule has 3 rings (SSSR count). The second-order valence-corrected chi connectivity index (χ2v) is 2.70. The molecule has 4 nitrogen and oxygen atoms in total. The number of imidazole rings is 1. The van der Waals surface area contributed by atoms with Gasteiger partial charge in [-0.25, -0.2) is 4.98 Å². The Morgan fingerprint density at radius 3 is 3.08 bits per heavy atom. The van der Waals surface area contributed by atoms with Crippen molar-refractivity contribution in [2.45, 2.75) is 0 Å². The average Bonchev–Trinajstić information content (AvgIpc) is 2.71. The molecule has 0 amide bonds. The number of hydrogen-bond donors (Lipinski definition) is 2. The highest BCUT2D eigenvalue weighted by Crippen LogP contribution is 2.19. The first-order chi connectivity index (χ1) is 5.95. The van der Waals surface area contributed by atoms with Crippen molar-refractivity contribution < 1.29 is 0 Å². The SMILES string of the molecule is c1nc2c(ccc3[nH]ncc32)[nH]1. The van der Waals surface area contributed by atoms with E-state index in [9.17, 15) is 0 Å². The fourth-order valence-electron chi connectivity index (χ4n) is 1.42. The second-order valence-electron chi connectivity index (χ2n) is 2.70. The molecule has 2 heterocycles. The third-order valence-corrected chi connectivity index (χ3v) is 2.01. The van der Waals surface area contributed by atoms with Crippen molar-refractivity contribution in [1.82, 2.24) is 20.2 Å². The first kappa shape index (κ1) is 5.77. The molecule has 0 fully saturated rings. The van der Waals surface area contributed by atoms with Crippen LogP contribution in [0.2, 0.25) is 0 Å². The molecule has 2 aromatic heterocycles. The summed E-state index contributed by atoms with van der Waals surface area (Å²) in [5.41, 5.74) is 3.04. The van der Waals surface area contributed by atoms with Gasteiger partial charge < -0.3 is 4.98 Å². The standard InChI is InChI=1S/C8H6N4/c1-2-7-8(10-4-9-7)5-3-11-12-6(1)5/h1-4H,(H,9,10)(H,11,12). The Morgan fingerprint density at radius 1 is 1.17 bits per heavy atom. The fourth-order valence-corrected chi connectivity index (χ4v) is 1.42. The Bertz CT molecular complexity index is 484. The normalized spacial score (nSPS) is 11.3. The molecule has 4 heteroatoms. The minimum absolute atomic E-state index is 0.973. The number of H-pyrrole nitrogens is 2. The second kappa shape index (κ2) is 1.85. The van der Waals surface area contributed by atoms with E-state index in [0.717, 1.165) is 21.9 Å². The van der Waals surface area contributed by atoms with Crippen molar-refractivity contribution in [2.75, 3.05) is 0 Å². The van der Waals surface area contributed by atoms with Gasteiger partial charge >= 0.3 is 0 Å². The molecule has 0 saturated carbocycles. The first-order valence-corrected chi connectivity index (χ1v) is 3.70. The molecule has 0 aliphatic carbocycles. The Labute approximate surface area is 67.6 Å². The van der Waals surface area contributed by atoms with Crippen LogP contribution in [0.15, 0.2) is 24.7 Å². The van der Waals surface area contributed by atoms with Crippen molar-refractivity contribution >= 4 is 21.9 Å². The van der Waals surface area contributed by atoms with Gasteiger partial charge in [-0.15, -0.1) is 0 Å². The number of benzene rings is 1. The van der Waals surface area contributed by atoms with Crippen LogP contribution in [0.5, 0.6) is 0 Å². The van der Waals surface area contributed by atoms with Crippen LogP contribution >= 0.6 is 0 Å². The van der Waals surface area contributed by atoms with Crippen LogP contribution in [0.4, 0.5) is 0 Å². The van der Waals surface area contributed by atoms with Gasteiger partial charge in [0.05, 0.1) is 29.1 Å². The topological polar surface area (TPSA) is 57.4 Å². The monoisotopic (exact) mass is 158 g/mol. The quantitative estimate of drug-likeness (QED) is 0.520. The van der Waals surface area contributed by atoms with Gasteiger partial charge in [-0.1, -0.05) is 0 Å². The molecule has 0 aliphatic heterocycles. The van der Waals surface area contributed by atoms with Crippen LogP contribution in [0.3, 0.4) is 0 Å². The van der Waals surface area contributed by atoms with E-state index in [1.165, 1.54) is 0 Å². The van der Waals surface area contributed by atoms with Crippen molar-refractivity contribution in [3.8, 4) is 0 Å². The summed E-state index contributed by atoms with van der Waals surface area (Å²) in [6.07, 6.45) is 3.48. The van der Waals surface area contributed by atoms with Crippen molar-refractivity contribution in [2.24, 2.45) is 0 Å². The van der Waals surface area contributed by atoms with Crippen molar-refractivity contribution in [3.05, 3.63) is 24.7 Å². The highest BCUT2D eigenvalue weighted by Gasteiger charge is 2.02. The summed E-state index contributed by atoms with van der Waals surface area (Å²) in [4.78, 5) is 7.25. The summed E-state index contributed by atoms with van der Waals surface area (Å²) in [7, 11) is 0. The zero-order valence-electron chi connectivity index (χ0n) is 6.20. The van der Waals surface area contributed by atoms with Crippen LogP contribution < -0.4 is 0 Å². The summed E-state index contributed by atoms with van der Waals surface area (Å²) >= 11 is 0. The fraction of sp³-hybridized carbons (Fsp3) is 0. The maximum absolute atomic E-state index is 4.20. The lowest BCUT2D eigenvalue weighted by Crippen LogP contribution is -1.71. The van der Waals surface area contributed by atoms with E-state index in [-0.39, 0.29) is 0 Å². The summed E-state index contributed by atoms with van der Waals surface area (Å²) in [5, 5.41) is 7.91. The summed E-state index contributed by atoms with van der Waals surface area (Å²) in [5.74, 6) is 0. The lowest BCUT2D eigenvalue weighted by Gasteiger charge is -1.88. The Hall–Kier alpha value is -1.84. The number of nitrogens with zero attached hydrogens (tertiary/aromatic N) is 2. The number of fused-ring (bicyclic) bond motifs is 3. The molecule has 12 heavy (non-hydrogen) atoms. The minimum Gasteiger partial charge on any atom is -0.345 e. The van der Waals surface area contributed by atoms with E-state index < -0.39 is 0 Å². The molecule has 1 aromatic carbocycles. The number of hydrogen-bond acceptors (Lipinski definition) is 2. The molecule has 0 radical (unpaired) electrons. The van der Waals surface area contributed by atoms with Crippen LogP contribution in [-0.2, 0) is 0 Å². The van der Waals surface area contributed by atoms with Crippen LogP contribution in [-0.4, -0.2) is 20.2 Å². The predicted molar refractivity (Wildman–Crippen MR) is 45.7 cm³/mol. The maximum Gasteiger partial charge on any atom is 0.0992 e. The van der Waals surface area contributed by atoms with Crippen molar-refractivity contribution in [3.63, 3.8) is 0 Å². The Morgan fingerprint density at radius 2 is 2.08 bits per heavy atom. The lowest BCUT2D eigenvalue weighted by atomic mass is 10.2. The summed E-state index contributed by atoms with van der Waals surface area (Å²) < 4.78 is 0. The van der Waals surface area contributed by atoms with Crippen molar-refractivity contribution in [1.29, 1.82) is 0 Å². The third-order valence-electron chi connectivity index (χ3n) is 2.01. The van der Waals surface area contributed by atoms with Gasteiger partial charge in [-0.05, 0) is 12.1 Å². The zero-order chi connectivity index (χ0) is 7.97. The third kappa shape index (κ3) is 0.567. The largest absolute Gasteiger partial charge is 0.345 e. The molecule has 0 aliphatic rings. The highest BCUT2D eigenvalue weighted by atomic mass is 15.1. The minimum atomic E-state index is 0.973. The Kier molecular flexibility index (Phi) is 0.889. The van der Waals surface area contributed by atoms with Crippen LogP contribution in [0.1, 0.15) is 0 Å². The van der Waals surface area contributed by atoms with Gasteiger partial charge in [-0.3, -0.25) is 5.10 Å². The predicted octanol–water partition coefficient (Wildman–Crippen LogP) is 1.44. The van der Waals surface area contributed by atoms with Gasteiger partial charge in [0.2, 0.25) is 0 Å². The van der Waals surface area contributed by atoms with E-state index in [4.69, 9.17) is 0 Å². The van der Waals surface area contributed by atoms with E-state index >= 15 is 0 Å². The van der Waals surface area contributed by atoms with Gasteiger partial charge in [0.15, 0.2) is 0 Å². The van der Waals surface area contributed by atoms with E-state index in [1.54, 1.807) is 12.5 Å². The van der Waals surface area contributed by atoms with Crippen LogP contribution in [0, 0.1) is 0 Å². The molecular weight excluding hydrogens is 152 g/mol. The van der Waals surface area contributed by atoms with Crippen LogP contribution in [0.25, 0.3) is 21.9 Å². The smallest absolute Gasteiger partial charge is 0.0992 e. The molecule has 0 bridgehead atoms. The number of rotatable bonds is 0. The number of aromatic amines is 2. The molecule has 2 N–H and O–H groups in total. The number of nitrogens with one attached hydrogen (secondary N) is 2. The van der Waals surface area contributed by atoms with Gasteiger partial charge in [0.1, 0.15) is 0 Å². The molecule has 0 saturated heterocycles. The maximum atomic E-state index is 4.20. The lowest BCUT2D eigenvalue weighted by molar-refractivity contribution is 1.12. The molecule has 0 unspecified atom stereocenters. The molecule has 0 spiro atoms. The van der Waals surface area contributed by atoms with Gasteiger partial charge in [-0.2, -0.15) is 5.10 Å².